The Morgan fingerprint density at radius 3 is 2.59 bits per heavy atom. The summed E-state index contributed by atoms with van der Waals surface area (Å²) in [6, 6.07) is 14.9. The van der Waals surface area contributed by atoms with Crippen molar-refractivity contribution in [3.63, 3.8) is 0 Å². The van der Waals surface area contributed by atoms with Crippen LogP contribution in [0.3, 0.4) is 0 Å². The lowest BCUT2D eigenvalue weighted by Crippen LogP contribution is -2.03. The molecule has 2 aliphatic rings. The van der Waals surface area contributed by atoms with Crippen LogP contribution in [0.4, 0.5) is 11.4 Å². The molecule has 4 rings (SSSR count). The molecule has 0 bridgehead atoms. The van der Waals surface area contributed by atoms with E-state index < -0.39 is 0 Å². The fraction of sp³-hybridized carbons (Fsp3) is 0.167. The summed E-state index contributed by atoms with van der Waals surface area (Å²) < 4.78 is 0. The smallest absolute Gasteiger partial charge is 0.258 e. The first-order valence-corrected chi connectivity index (χ1v) is 7.32. The zero-order chi connectivity index (χ0) is 15.1. The Kier molecular flexibility index (Phi) is 2.89. The molecule has 0 amide bonds. The van der Waals surface area contributed by atoms with Crippen molar-refractivity contribution < 1.29 is 4.92 Å². The highest BCUT2D eigenvalue weighted by Gasteiger charge is 2.44. The van der Waals surface area contributed by atoms with Gasteiger partial charge in [-0.15, -0.1) is 0 Å². The Labute approximate surface area is 128 Å². The molecule has 0 radical (unpaired) electrons. The van der Waals surface area contributed by atoms with Crippen molar-refractivity contribution in [2.75, 3.05) is 0 Å². The molecule has 1 heterocycles. The average Bonchev–Trinajstić information content (AvgIpc) is 3.34. The maximum atomic E-state index is 10.7. The fourth-order valence-electron chi connectivity index (χ4n) is 3.04. The summed E-state index contributed by atoms with van der Waals surface area (Å²) >= 11 is 0. The van der Waals surface area contributed by atoms with Gasteiger partial charge >= 0.3 is 0 Å². The minimum Gasteiger partial charge on any atom is -0.258 e. The van der Waals surface area contributed by atoms with Gasteiger partial charge in [0.1, 0.15) is 0 Å². The van der Waals surface area contributed by atoms with Gasteiger partial charge in [0.25, 0.3) is 5.69 Å². The number of benzene rings is 2. The van der Waals surface area contributed by atoms with E-state index in [9.17, 15) is 10.1 Å². The third kappa shape index (κ3) is 2.22. The molecule has 2 atom stereocenters. The number of allylic oxidation sites excluding steroid dienone is 1. The zero-order valence-corrected chi connectivity index (χ0v) is 11.8. The lowest BCUT2D eigenvalue weighted by atomic mass is 10.0. The SMILES string of the molecule is O=[N+]([O-])c1ccc(/C=C/C2=Nc3ccccc3C3CC23)cc1. The number of para-hydroxylation sites is 1. The standard InChI is InChI=1S/C18H14N2O2/c21-20(22)13-8-5-12(6-9-13)7-10-18-16-11-15(16)14-3-1-2-4-17(14)19-18/h1-10,15-16H,11H2/b10-7+. The third-order valence-corrected chi connectivity index (χ3v) is 4.31. The lowest BCUT2D eigenvalue weighted by Gasteiger charge is -2.12. The molecule has 2 aromatic rings. The quantitative estimate of drug-likeness (QED) is 0.617. The van der Waals surface area contributed by atoms with E-state index in [-0.39, 0.29) is 10.6 Å². The molecule has 0 spiro atoms. The molecule has 0 N–H and O–H groups in total. The Bertz CT molecular complexity index is 806. The number of hydrogen-bond acceptors (Lipinski definition) is 3. The topological polar surface area (TPSA) is 55.5 Å². The van der Waals surface area contributed by atoms with Crippen LogP contribution in [-0.2, 0) is 0 Å². The van der Waals surface area contributed by atoms with E-state index in [1.807, 2.05) is 18.2 Å². The number of nitrogens with zero attached hydrogens (tertiary/aromatic N) is 2. The van der Waals surface area contributed by atoms with Crippen LogP contribution >= 0.6 is 0 Å². The van der Waals surface area contributed by atoms with E-state index in [0.29, 0.717) is 11.8 Å². The number of rotatable bonds is 3. The maximum absolute atomic E-state index is 10.7. The van der Waals surface area contributed by atoms with E-state index in [0.717, 1.165) is 17.0 Å². The summed E-state index contributed by atoms with van der Waals surface area (Å²) in [6.45, 7) is 0. The third-order valence-electron chi connectivity index (χ3n) is 4.31. The minimum atomic E-state index is -0.384. The summed E-state index contributed by atoms with van der Waals surface area (Å²) in [6.07, 6.45) is 5.19. The van der Waals surface area contributed by atoms with Crippen LogP contribution in [0, 0.1) is 16.0 Å². The number of nitro groups is 1. The highest BCUT2D eigenvalue weighted by molar-refractivity contribution is 6.05. The van der Waals surface area contributed by atoms with Gasteiger partial charge in [-0.2, -0.15) is 0 Å². The number of non-ortho nitro benzene ring substituents is 1. The van der Waals surface area contributed by atoms with Gasteiger partial charge in [-0.3, -0.25) is 15.1 Å². The Hall–Kier alpha value is -2.75. The van der Waals surface area contributed by atoms with E-state index in [1.54, 1.807) is 12.1 Å². The van der Waals surface area contributed by atoms with Gasteiger partial charge in [0.2, 0.25) is 0 Å². The summed E-state index contributed by atoms with van der Waals surface area (Å²) in [5, 5.41) is 10.7. The van der Waals surface area contributed by atoms with Gasteiger partial charge in [0.15, 0.2) is 0 Å². The predicted molar refractivity (Wildman–Crippen MR) is 86.5 cm³/mol. The van der Waals surface area contributed by atoms with Crippen molar-refractivity contribution in [1.82, 2.24) is 0 Å². The Balaban J connectivity index is 1.59. The molecule has 108 valence electrons. The van der Waals surface area contributed by atoms with Crippen molar-refractivity contribution in [3.05, 3.63) is 75.8 Å². The van der Waals surface area contributed by atoms with Gasteiger partial charge in [-0.25, -0.2) is 0 Å². The van der Waals surface area contributed by atoms with Crippen LogP contribution in [0.15, 0.2) is 59.6 Å². The highest BCUT2D eigenvalue weighted by Crippen LogP contribution is 2.54. The monoisotopic (exact) mass is 290 g/mol. The normalized spacial score (nSPS) is 21.9. The molecule has 1 saturated carbocycles. The predicted octanol–water partition coefficient (Wildman–Crippen LogP) is 4.50. The summed E-state index contributed by atoms with van der Waals surface area (Å²) in [4.78, 5) is 15.0. The highest BCUT2D eigenvalue weighted by atomic mass is 16.6. The Morgan fingerprint density at radius 2 is 1.82 bits per heavy atom. The van der Waals surface area contributed by atoms with E-state index in [4.69, 9.17) is 4.99 Å². The van der Waals surface area contributed by atoms with Crippen LogP contribution in [0.1, 0.15) is 23.5 Å². The van der Waals surface area contributed by atoms with Crippen molar-refractivity contribution in [2.45, 2.75) is 12.3 Å². The first-order chi connectivity index (χ1) is 10.7. The average molecular weight is 290 g/mol. The van der Waals surface area contributed by atoms with Crippen molar-refractivity contribution in [1.29, 1.82) is 0 Å². The van der Waals surface area contributed by atoms with Crippen molar-refractivity contribution in [2.24, 2.45) is 10.9 Å². The van der Waals surface area contributed by atoms with Gasteiger partial charge < -0.3 is 0 Å². The fourth-order valence-corrected chi connectivity index (χ4v) is 3.04. The number of hydrogen-bond donors (Lipinski definition) is 0. The second-order valence-electron chi connectivity index (χ2n) is 5.73. The lowest BCUT2D eigenvalue weighted by molar-refractivity contribution is -0.384. The largest absolute Gasteiger partial charge is 0.269 e. The van der Waals surface area contributed by atoms with E-state index in [2.05, 4.69) is 18.2 Å². The molecule has 1 aliphatic carbocycles. The molecular formula is C18H14N2O2. The molecule has 4 nitrogen and oxygen atoms in total. The van der Waals surface area contributed by atoms with E-state index >= 15 is 0 Å². The van der Waals surface area contributed by atoms with Crippen LogP contribution in [0.25, 0.3) is 6.08 Å². The van der Waals surface area contributed by atoms with Gasteiger partial charge in [0, 0.05) is 23.8 Å². The van der Waals surface area contributed by atoms with Crippen LogP contribution in [-0.4, -0.2) is 10.6 Å². The molecule has 1 fully saturated rings. The number of fused-ring (bicyclic) bond motifs is 3. The van der Waals surface area contributed by atoms with Gasteiger partial charge in [-0.05, 0) is 47.7 Å². The first-order valence-electron chi connectivity index (χ1n) is 7.32. The van der Waals surface area contributed by atoms with Crippen LogP contribution in [0.5, 0.6) is 0 Å². The number of nitro benzene ring substituents is 1. The zero-order valence-electron chi connectivity index (χ0n) is 11.8. The molecule has 0 aromatic heterocycles. The second-order valence-corrected chi connectivity index (χ2v) is 5.73. The molecule has 2 aromatic carbocycles. The summed E-state index contributed by atoms with van der Waals surface area (Å²) in [7, 11) is 0. The molecule has 0 saturated heterocycles. The van der Waals surface area contributed by atoms with Gasteiger partial charge in [0.05, 0.1) is 10.6 Å². The molecule has 2 unspecified atom stereocenters. The molecule has 1 aliphatic heterocycles. The van der Waals surface area contributed by atoms with Crippen LogP contribution < -0.4 is 0 Å². The van der Waals surface area contributed by atoms with Crippen molar-refractivity contribution in [3.8, 4) is 0 Å². The number of aliphatic imine (C=N–C) groups is 1. The molecule has 4 heteroatoms. The second kappa shape index (κ2) is 4.91. The Morgan fingerprint density at radius 1 is 1.05 bits per heavy atom. The summed E-state index contributed by atoms with van der Waals surface area (Å²) in [5.41, 5.74) is 4.61. The van der Waals surface area contributed by atoms with Crippen LogP contribution in [0.2, 0.25) is 0 Å². The van der Waals surface area contributed by atoms with Gasteiger partial charge in [-0.1, -0.05) is 24.3 Å². The molecule has 22 heavy (non-hydrogen) atoms. The van der Waals surface area contributed by atoms with E-state index in [1.165, 1.54) is 24.1 Å². The summed E-state index contributed by atoms with van der Waals surface area (Å²) in [5.74, 6) is 1.15. The molecular weight excluding hydrogens is 276 g/mol. The minimum absolute atomic E-state index is 0.114. The maximum Gasteiger partial charge on any atom is 0.269 e. The van der Waals surface area contributed by atoms with Crippen molar-refractivity contribution >= 4 is 23.2 Å². The first kappa shape index (κ1) is 13.0.